The fourth-order valence-electron chi connectivity index (χ4n) is 3.72. The zero-order valence-corrected chi connectivity index (χ0v) is 14.0. The normalized spacial score (nSPS) is 25.4. The van der Waals surface area contributed by atoms with Gasteiger partial charge in [0.25, 0.3) is 0 Å². The van der Waals surface area contributed by atoms with Gasteiger partial charge < -0.3 is 9.64 Å². The summed E-state index contributed by atoms with van der Waals surface area (Å²) >= 11 is 0. The van der Waals surface area contributed by atoms with Crippen LogP contribution >= 0.6 is 0 Å². The van der Waals surface area contributed by atoms with Crippen LogP contribution in [0.4, 0.5) is 0 Å². The van der Waals surface area contributed by atoms with E-state index in [-0.39, 0.29) is 0 Å². The first-order chi connectivity index (χ1) is 10.8. The molecule has 0 radical (unpaired) electrons. The summed E-state index contributed by atoms with van der Waals surface area (Å²) in [6.45, 7) is 10.7. The maximum absolute atomic E-state index is 5.50. The molecule has 3 aliphatic rings. The Balaban J connectivity index is 1.59. The van der Waals surface area contributed by atoms with Gasteiger partial charge in [0.15, 0.2) is 0 Å². The molecule has 0 spiro atoms. The SMILES string of the molecule is CCN(CC)CCN1N=CC2=CC=C(C3CCOCC3)CC21. The van der Waals surface area contributed by atoms with Gasteiger partial charge >= 0.3 is 0 Å². The van der Waals surface area contributed by atoms with E-state index in [4.69, 9.17) is 4.74 Å². The summed E-state index contributed by atoms with van der Waals surface area (Å²) in [6.07, 6.45) is 10.2. The van der Waals surface area contributed by atoms with Gasteiger partial charge in [-0.1, -0.05) is 31.6 Å². The monoisotopic (exact) mass is 303 g/mol. The van der Waals surface area contributed by atoms with Crippen LogP contribution in [0.15, 0.2) is 28.4 Å². The molecular formula is C18H29N3O. The van der Waals surface area contributed by atoms with Crippen molar-refractivity contribution in [1.82, 2.24) is 9.91 Å². The molecule has 0 aromatic carbocycles. The van der Waals surface area contributed by atoms with E-state index in [2.05, 4.69) is 47.2 Å². The summed E-state index contributed by atoms with van der Waals surface area (Å²) < 4.78 is 5.50. The Labute approximate surface area is 134 Å². The van der Waals surface area contributed by atoms with Crippen molar-refractivity contribution in [3.63, 3.8) is 0 Å². The summed E-state index contributed by atoms with van der Waals surface area (Å²) in [6, 6.07) is 0.471. The minimum atomic E-state index is 0.471. The van der Waals surface area contributed by atoms with Crippen LogP contribution in [0.1, 0.15) is 33.1 Å². The van der Waals surface area contributed by atoms with Crippen molar-refractivity contribution in [3.05, 3.63) is 23.3 Å². The van der Waals surface area contributed by atoms with Gasteiger partial charge in [-0.2, -0.15) is 5.10 Å². The molecule has 1 unspecified atom stereocenters. The molecule has 2 heterocycles. The zero-order valence-electron chi connectivity index (χ0n) is 14.0. The molecule has 4 nitrogen and oxygen atoms in total. The lowest BCUT2D eigenvalue weighted by Gasteiger charge is -2.33. The van der Waals surface area contributed by atoms with Crippen molar-refractivity contribution in [1.29, 1.82) is 0 Å². The zero-order chi connectivity index (χ0) is 15.4. The van der Waals surface area contributed by atoms with Crippen LogP contribution in [0.5, 0.6) is 0 Å². The molecule has 0 amide bonds. The van der Waals surface area contributed by atoms with Gasteiger partial charge in [-0.15, -0.1) is 0 Å². The Kier molecular flexibility index (Phi) is 5.32. The third-order valence-corrected chi connectivity index (χ3v) is 5.30. The Bertz CT molecular complexity index is 459. The second kappa shape index (κ2) is 7.42. The number of ether oxygens (including phenoxy) is 1. The number of nitrogens with zero attached hydrogens (tertiary/aromatic N) is 3. The molecule has 4 heteroatoms. The van der Waals surface area contributed by atoms with Crippen molar-refractivity contribution in [2.45, 2.75) is 39.2 Å². The highest BCUT2D eigenvalue weighted by atomic mass is 16.5. The topological polar surface area (TPSA) is 28.1 Å². The highest BCUT2D eigenvalue weighted by molar-refractivity contribution is 5.83. The third-order valence-electron chi connectivity index (χ3n) is 5.30. The van der Waals surface area contributed by atoms with Gasteiger partial charge in [-0.3, -0.25) is 5.01 Å². The van der Waals surface area contributed by atoms with Gasteiger partial charge in [0.1, 0.15) is 0 Å². The number of hydrogen-bond donors (Lipinski definition) is 0. The lowest BCUT2D eigenvalue weighted by atomic mass is 9.83. The fraction of sp³-hybridized carbons (Fsp3) is 0.722. The summed E-state index contributed by atoms with van der Waals surface area (Å²) in [5.74, 6) is 0.719. The highest BCUT2D eigenvalue weighted by Gasteiger charge is 2.31. The molecule has 2 aliphatic heterocycles. The number of likely N-dealkylation sites (N-methyl/N-ethyl adjacent to an activating group) is 1. The van der Waals surface area contributed by atoms with Crippen molar-refractivity contribution < 1.29 is 4.74 Å². The fourth-order valence-corrected chi connectivity index (χ4v) is 3.72. The Morgan fingerprint density at radius 1 is 1.23 bits per heavy atom. The average Bonchev–Trinajstić information content (AvgIpc) is 2.99. The molecule has 3 rings (SSSR count). The lowest BCUT2D eigenvalue weighted by Crippen LogP contribution is -2.37. The second-order valence-corrected chi connectivity index (χ2v) is 6.45. The Morgan fingerprint density at radius 2 is 2.00 bits per heavy atom. The van der Waals surface area contributed by atoms with E-state index < -0.39 is 0 Å². The molecule has 22 heavy (non-hydrogen) atoms. The lowest BCUT2D eigenvalue weighted by molar-refractivity contribution is 0.0737. The molecule has 0 bridgehead atoms. The van der Waals surface area contributed by atoms with E-state index in [1.54, 1.807) is 5.57 Å². The van der Waals surface area contributed by atoms with E-state index in [0.717, 1.165) is 51.7 Å². The molecular weight excluding hydrogens is 274 g/mol. The van der Waals surface area contributed by atoms with E-state index in [9.17, 15) is 0 Å². The molecule has 0 aromatic heterocycles. The van der Waals surface area contributed by atoms with Gasteiger partial charge in [-0.25, -0.2) is 0 Å². The van der Waals surface area contributed by atoms with Crippen molar-refractivity contribution in [2.24, 2.45) is 11.0 Å². The van der Waals surface area contributed by atoms with Crippen LogP contribution in [0.3, 0.4) is 0 Å². The maximum atomic E-state index is 5.50. The summed E-state index contributed by atoms with van der Waals surface area (Å²) in [7, 11) is 0. The van der Waals surface area contributed by atoms with Gasteiger partial charge in [0, 0.05) is 26.3 Å². The number of hydrazone groups is 1. The van der Waals surface area contributed by atoms with Crippen molar-refractivity contribution in [2.75, 3.05) is 39.4 Å². The highest BCUT2D eigenvalue weighted by Crippen LogP contribution is 2.34. The third kappa shape index (κ3) is 3.44. The van der Waals surface area contributed by atoms with Crippen molar-refractivity contribution in [3.8, 4) is 0 Å². The van der Waals surface area contributed by atoms with Crippen LogP contribution in [0.25, 0.3) is 0 Å². The molecule has 122 valence electrons. The number of hydrogen-bond acceptors (Lipinski definition) is 4. The molecule has 1 saturated heterocycles. The van der Waals surface area contributed by atoms with E-state index in [0.29, 0.717) is 6.04 Å². The van der Waals surface area contributed by atoms with Gasteiger partial charge in [-0.05, 0) is 43.8 Å². The molecule has 1 atom stereocenters. The van der Waals surface area contributed by atoms with Crippen LogP contribution in [0, 0.1) is 5.92 Å². The summed E-state index contributed by atoms with van der Waals surface area (Å²) in [4.78, 5) is 2.47. The van der Waals surface area contributed by atoms with Crippen LogP contribution in [-0.4, -0.2) is 61.6 Å². The molecule has 1 fully saturated rings. The molecule has 0 aromatic rings. The Hall–Kier alpha value is -1.13. The van der Waals surface area contributed by atoms with Gasteiger partial charge in [0.2, 0.25) is 0 Å². The van der Waals surface area contributed by atoms with Crippen molar-refractivity contribution >= 4 is 6.21 Å². The minimum Gasteiger partial charge on any atom is -0.381 e. The van der Waals surface area contributed by atoms with Crippen LogP contribution in [0.2, 0.25) is 0 Å². The molecule has 0 saturated carbocycles. The summed E-state index contributed by atoms with van der Waals surface area (Å²) in [5, 5.41) is 6.96. The number of rotatable bonds is 6. The van der Waals surface area contributed by atoms with E-state index in [1.807, 2.05) is 0 Å². The first-order valence-electron chi connectivity index (χ1n) is 8.83. The van der Waals surface area contributed by atoms with E-state index >= 15 is 0 Å². The van der Waals surface area contributed by atoms with Gasteiger partial charge in [0.05, 0.1) is 12.3 Å². The predicted molar refractivity (Wildman–Crippen MR) is 91.1 cm³/mol. The summed E-state index contributed by atoms with van der Waals surface area (Å²) in [5.41, 5.74) is 2.99. The minimum absolute atomic E-state index is 0.471. The van der Waals surface area contributed by atoms with Crippen LogP contribution < -0.4 is 0 Å². The quantitative estimate of drug-likeness (QED) is 0.755. The average molecular weight is 303 g/mol. The smallest absolute Gasteiger partial charge is 0.0773 e. The first kappa shape index (κ1) is 15.8. The first-order valence-corrected chi connectivity index (χ1v) is 8.83. The number of fused-ring (bicyclic) bond motifs is 1. The Morgan fingerprint density at radius 3 is 2.73 bits per heavy atom. The van der Waals surface area contributed by atoms with E-state index in [1.165, 1.54) is 18.4 Å². The largest absolute Gasteiger partial charge is 0.381 e. The predicted octanol–water partition coefficient (Wildman–Crippen LogP) is 2.68. The molecule has 0 N–H and O–H groups in total. The standard InChI is InChI=1S/C18H29N3O/c1-3-20(4-2)9-10-21-18-13-16(5-6-17(18)14-19-21)15-7-11-22-12-8-15/h5-6,14-15,18H,3-4,7-13H2,1-2H3. The maximum Gasteiger partial charge on any atom is 0.0773 e. The number of allylic oxidation sites excluding steroid dienone is 2. The second-order valence-electron chi connectivity index (χ2n) is 6.45. The van der Waals surface area contributed by atoms with Crippen LogP contribution in [-0.2, 0) is 4.74 Å². The molecule has 1 aliphatic carbocycles.